The number of aliphatic hydroxyl groups is 1. The van der Waals surface area contributed by atoms with Crippen LogP contribution in [0.4, 0.5) is 0 Å². The van der Waals surface area contributed by atoms with E-state index in [0.717, 1.165) is 0 Å². The fourth-order valence-electron chi connectivity index (χ4n) is 2.27. The predicted octanol–water partition coefficient (Wildman–Crippen LogP) is 4.52. The molecule has 0 unspecified atom stereocenters. The summed E-state index contributed by atoms with van der Waals surface area (Å²) in [6, 6.07) is 13.6. The molecular formula is C18H11Cl2N3O3. The Morgan fingerprint density at radius 1 is 1.23 bits per heavy atom. The van der Waals surface area contributed by atoms with Gasteiger partial charge in [0.1, 0.15) is 18.2 Å². The number of nitrogens with zero attached hydrogens (tertiary/aromatic N) is 2. The number of para-hydroxylation sites is 2. The number of benzene rings is 2. The maximum absolute atomic E-state index is 12.1. The number of hydrogen-bond donors (Lipinski definition) is 2. The number of aromatic amines is 1. The molecule has 0 aliphatic rings. The Labute approximate surface area is 158 Å². The van der Waals surface area contributed by atoms with E-state index in [1.807, 2.05) is 12.1 Å². The third-order valence-corrected chi connectivity index (χ3v) is 4.36. The van der Waals surface area contributed by atoms with Gasteiger partial charge in [-0.05, 0) is 24.3 Å². The first-order chi connectivity index (χ1) is 12.5. The molecule has 0 saturated heterocycles. The number of fused-ring (bicyclic) bond motifs is 1. The van der Waals surface area contributed by atoms with Crippen molar-refractivity contribution in [2.24, 2.45) is 0 Å². The molecule has 0 spiro atoms. The molecule has 1 heterocycles. The summed E-state index contributed by atoms with van der Waals surface area (Å²) in [5, 5.41) is 19.8. The van der Waals surface area contributed by atoms with Crippen LogP contribution in [-0.4, -0.2) is 27.7 Å². The van der Waals surface area contributed by atoms with Crippen molar-refractivity contribution in [2.45, 2.75) is 0 Å². The molecule has 26 heavy (non-hydrogen) atoms. The van der Waals surface area contributed by atoms with Gasteiger partial charge in [0.15, 0.2) is 11.6 Å². The molecule has 0 aliphatic carbocycles. The Kier molecular flexibility index (Phi) is 5.12. The van der Waals surface area contributed by atoms with Crippen molar-refractivity contribution in [3.8, 4) is 6.07 Å². The van der Waals surface area contributed by atoms with Gasteiger partial charge in [-0.25, -0.2) is 9.78 Å². The first kappa shape index (κ1) is 17.8. The lowest BCUT2D eigenvalue weighted by atomic mass is 10.2. The van der Waals surface area contributed by atoms with Crippen LogP contribution in [0.2, 0.25) is 10.0 Å². The van der Waals surface area contributed by atoms with E-state index < -0.39 is 18.3 Å². The molecule has 0 amide bonds. The number of carbonyl (C=O) groups is 1. The van der Waals surface area contributed by atoms with Gasteiger partial charge in [-0.3, -0.25) is 0 Å². The summed E-state index contributed by atoms with van der Waals surface area (Å²) in [5.74, 6) is -1.02. The number of hydrogen-bond acceptors (Lipinski definition) is 5. The molecule has 130 valence electrons. The first-order valence-corrected chi connectivity index (χ1v) is 8.15. The molecule has 0 bridgehead atoms. The normalized spacial score (nSPS) is 11.7. The Bertz CT molecular complexity index is 1030. The Morgan fingerprint density at radius 2 is 2.00 bits per heavy atom. The van der Waals surface area contributed by atoms with Crippen LogP contribution in [0.3, 0.4) is 0 Å². The Balaban J connectivity index is 1.82. The van der Waals surface area contributed by atoms with Crippen molar-refractivity contribution in [1.29, 1.82) is 5.26 Å². The number of carbonyl (C=O) groups excluding carboxylic acids is 1. The van der Waals surface area contributed by atoms with Gasteiger partial charge < -0.3 is 14.8 Å². The van der Waals surface area contributed by atoms with Gasteiger partial charge in [0.05, 0.1) is 26.6 Å². The maximum Gasteiger partial charge on any atom is 0.340 e. The number of nitriles is 1. The summed E-state index contributed by atoms with van der Waals surface area (Å²) in [5.41, 5.74) is 1.30. The number of imidazole rings is 1. The number of nitrogens with one attached hydrogen (secondary N) is 1. The summed E-state index contributed by atoms with van der Waals surface area (Å²) in [4.78, 5) is 19.3. The van der Waals surface area contributed by atoms with Crippen LogP contribution < -0.4 is 0 Å². The van der Waals surface area contributed by atoms with Crippen molar-refractivity contribution < 1.29 is 14.6 Å². The summed E-state index contributed by atoms with van der Waals surface area (Å²) in [7, 11) is 0. The maximum atomic E-state index is 12.1. The summed E-state index contributed by atoms with van der Waals surface area (Å²) in [6.45, 7) is -0.512. The second-order valence-electron chi connectivity index (χ2n) is 5.21. The molecule has 3 rings (SSSR count). The quantitative estimate of drug-likeness (QED) is 0.389. The largest absolute Gasteiger partial charge is 0.507 e. The van der Waals surface area contributed by atoms with Crippen LogP contribution in [0.5, 0.6) is 0 Å². The van der Waals surface area contributed by atoms with E-state index in [1.165, 1.54) is 12.1 Å². The standard InChI is InChI=1S/C18H11Cl2N3O3/c19-12-5-3-4-10(16(12)20)18(25)26-9-15(24)11(8-21)17-22-13-6-1-2-7-14(13)23-17/h1-7,24H,9H2,(H,22,23)/b15-11-. The van der Waals surface area contributed by atoms with E-state index in [4.69, 9.17) is 27.9 Å². The highest BCUT2D eigenvalue weighted by Gasteiger charge is 2.17. The molecule has 8 heteroatoms. The number of aromatic nitrogens is 2. The van der Waals surface area contributed by atoms with Crippen molar-refractivity contribution in [3.63, 3.8) is 0 Å². The molecule has 0 aliphatic heterocycles. The first-order valence-electron chi connectivity index (χ1n) is 7.39. The molecule has 1 aromatic heterocycles. The molecule has 0 atom stereocenters. The van der Waals surface area contributed by atoms with E-state index >= 15 is 0 Å². The summed E-state index contributed by atoms with van der Waals surface area (Å²) in [6.07, 6.45) is 0. The van der Waals surface area contributed by atoms with E-state index in [1.54, 1.807) is 24.3 Å². The highest BCUT2D eigenvalue weighted by molar-refractivity contribution is 6.43. The molecule has 2 aromatic carbocycles. The fraction of sp³-hybridized carbons (Fsp3) is 0.0556. The zero-order valence-electron chi connectivity index (χ0n) is 13.2. The average molecular weight is 388 g/mol. The third kappa shape index (κ3) is 3.49. The molecular weight excluding hydrogens is 377 g/mol. The minimum atomic E-state index is -0.772. The number of allylic oxidation sites excluding steroid dienone is 1. The average Bonchev–Trinajstić information content (AvgIpc) is 3.06. The van der Waals surface area contributed by atoms with Crippen molar-refractivity contribution in [1.82, 2.24) is 9.97 Å². The van der Waals surface area contributed by atoms with Gasteiger partial charge in [-0.15, -0.1) is 0 Å². The Morgan fingerprint density at radius 3 is 2.73 bits per heavy atom. The van der Waals surface area contributed by atoms with Crippen LogP contribution in [0.15, 0.2) is 48.2 Å². The molecule has 0 radical (unpaired) electrons. The third-order valence-electron chi connectivity index (χ3n) is 3.54. The van der Waals surface area contributed by atoms with Gasteiger partial charge in [-0.2, -0.15) is 5.26 Å². The smallest absolute Gasteiger partial charge is 0.340 e. The summed E-state index contributed by atoms with van der Waals surface area (Å²) >= 11 is 11.8. The van der Waals surface area contributed by atoms with Crippen LogP contribution in [0, 0.1) is 11.3 Å². The van der Waals surface area contributed by atoms with Gasteiger partial charge >= 0.3 is 5.97 Å². The minimum absolute atomic E-state index is 0.0560. The number of halogens is 2. The number of H-pyrrole nitrogens is 1. The van der Waals surface area contributed by atoms with Gasteiger partial charge in [-0.1, -0.05) is 41.4 Å². The molecule has 0 saturated carbocycles. The Hall–Kier alpha value is -3.01. The van der Waals surface area contributed by atoms with Crippen LogP contribution >= 0.6 is 23.2 Å². The van der Waals surface area contributed by atoms with Gasteiger partial charge in [0, 0.05) is 0 Å². The van der Waals surface area contributed by atoms with Crippen molar-refractivity contribution >= 4 is 45.8 Å². The summed E-state index contributed by atoms with van der Waals surface area (Å²) < 4.78 is 5.02. The van der Waals surface area contributed by atoms with E-state index in [-0.39, 0.29) is 27.0 Å². The highest BCUT2D eigenvalue weighted by Crippen LogP contribution is 2.26. The number of ether oxygens (including phenoxy) is 1. The van der Waals surface area contributed by atoms with Crippen molar-refractivity contribution in [3.05, 3.63) is 69.7 Å². The lowest BCUT2D eigenvalue weighted by Crippen LogP contribution is -2.10. The SMILES string of the molecule is N#C/C(=C(/O)COC(=O)c1cccc(Cl)c1Cl)c1nc2ccccc2[nH]1. The number of aliphatic hydroxyl groups excluding tert-OH is 1. The van der Waals surface area contributed by atoms with Crippen LogP contribution in [0.1, 0.15) is 16.2 Å². The van der Waals surface area contributed by atoms with Crippen molar-refractivity contribution in [2.75, 3.05) is 6.61 Å². The van der Waals surface area contributed by atoms with Crippen LogP contribution in [0.25, 0.3) is 16.6 Å². The zero-order valence-corrected chi connectivity index (χ0v) is 14.7. The number of esters is 1. The highest BCUT2D eigenvalue weighted by atomic mass is 35.5. The van der Waals surface area contributed by atoms with E-state index in [9.17, 15) is 15.2 Å². The lowest BCUT2D eigenvalue weighted by molar-refractivity contribution is 0.0503. The van der Waals surface area contributed by atoms with Gasteiger partial charge in [0.25, 0.3) is 0 Å². The second-order valence-corrected chi connectivity index (χ2v) is 6.00. The molecule has 2 N–H and O–H groups in total. The van der Waals surface area contributed by atoms with E-state index in [2.05, 4.69) is 9.97 Å². The monoisotopic (exact) mass is 387 g/mol. The zero-order chi connectivity index (χ0) is 18.7. The minimum Gasteiger partial charge on any atom is -0.507 e. The number of rotatable bonds is 4. The van der Waals surface area contributed by atoms with E-state index in [0.29, 0.717) is 11.0 Å². The lowest BCUT2D eigenvalue weighted by Gasteiger charge is -2.07. The second kappa shape index (κ2) is 7.48. The fourth-order valence-corrected chi connectivity index (χ4v) is 2.65. The topological polar surface area (TPSA) is 99.0 Å². The predicted molar refractivity (Wildman–Crippen MR) is 98.0 cm³/mol. The van der Waals surface area contributed by atoms with Gasteiger partial charge in [0.2, 0.25) is 0 Å². The molecule has 3 aromatic rings. The molecule has 6 nitrogen and oxygen atoms in total. The molecule has 0 fully saturated rings. The van der Waals surface area contributed by atoms with Crippen LogP contribution in [-0.2, 0) is 4.74 Å².